The number of aryl methyl sites for hydroxylation is 3. The highest BCUT2D eigenvalue weighted by Crippen LogP contribution is 2.20. The number of benzene rings is 1. The number of thioether (sulfide) groups is 1. The first-order valence-electron chi connectivity index (χ1n) is 8.28. The van der Waals surface area contributed by atoms with Gasteiger partial charge in [-0.15, -0.1) is 0 Å². The van der Waals surface area contributed by atoms with E-state index >= 15 is 0 Å². The number of hydrogen-bond donors (Lipinski definition) is 0. The molecule has 25 heavy (non-hydrogen) atoms. The second kappa shape index (κ2) is 6.92. The van der Waals surface area contributed by atoms with Gasteiger partial charge in [0.2, 0.25) is 0 Å². The molecule has 6 nitrogen and oxygen atoms in total. The van der Waals surface area contributed by atoms with Crippen molar-refractivity contribution in [2.24, 2.45) is 14.1 Å². The summed E-state index contributed by atoms with van der Waals surface area (Å²) in [5, 5.41) is 0.761. The van der Waals surface area contributed by atoms with Gasteiger partial charge in [-0.25, -0.2) is 9.78 Å². The van der Waals surface area contributed by atoms with E-state index in [-0.39, 0.29) is 17.8 Å². The Morgan fingerprint density at radius 1 is 1.08 bits per heavy atom. The Hall–Kier alpha value is -2.28. The molecule has 0 spiro atoms. The van der Waals surface area contributed by atoms with Crippen LogP contribution in [0.3, 0.4) is 0 Å². The number of aromatic nitrogens is 4. The van der Waals surface area contributed by atoms with Crippen molar-refractivity contribution in [1.29, 1.82) is 0 Å². The Morgan fingerprint density at radius 2 is 1.76 bits per heavy atom. The van der Waals surface area contributed by atoms with Crippen LogP contribution in [0.25, 0.3) is 11.2 Å². The molecule has 3 rings (SSSR count). The van der Waals surface area contributed by atoms with E-state index in [0.29, 0.717) is 11.2 Å². The highest BCUT2D eigenvalue weighted by molar-refractivity contribution is 7.99. The third-order valence-corrected chi connectivity index (χ3v) is 5.45. The lowest BCUT2D eigenvalue weighted by Gasteiger charge is -2.09. The lowest BCUT2D eigenvalue weighted by atomic mass is 10.1. The van der Waals surface area contributed by atoms with Gasteiger partial charge in [-0.05, 0) is 18.9 Å². The van der Waals surface area contributed by atoms with E-state index in [0.717, 1.165) is 28.5 Å². The highest BCUT2D eigenvalue weighted by atomic mass is 32.2. The van der Waals surface area contributed by atoms with E-state index in [4.69, 9.17) is 0 Å². The van der Waals surface area contributed by atoms with E-state index in [1.165, 1.54) is 9.13 Å². The van der Waals surface area contributed by atoms with Crippen LogP contribution in [0.15, 0.2) is 39.0 Å². The molecular formula is C18H22N4O2S. The molecule has 0 unspecified atom stereocenters. The number of nitrogens with zero attached hydrogens (tertiary/aromatic N) is 4. The van der Waals surface area contributed by atoms with E-state index in [9.17, 15) is 9.59 Å². The summed E-state index contributed by atoms with van der Waals surface area (Å²) < 4.78 is 4.53. The number of imidazole rings is 1. The van der Waals surface area contributed by atoms with Crippen LogP contribution in [-0.4, -0.2) is 24.4 Å². The molecular weight excluding hydrogens is 336 g/mol. The molecule has 3 aromatic rings. The molecule has 0 aliphatic heterocycles. The molecule has 2 heterocycles. The number of hydrogen-bond acceptors (Lipinski definition) is 4. The van der Waals surface area contributed by atoms with Crippen molar-refractivity contribution in [2.75, 3.05) is 5.75 Å². The fraction of sp³-hybridized carbons (Fsp3) is 0.389. The van der Waals surface area contributed by atoms with E-state index < -0.39 is 0 Å². The molecule has 0 aliphatic carbocycles. The normalized spacial score (nSPS) is 11.4. The molecule has 132 valence electrons. The smallest absolute Gasteiger partial charge is 0.316 e. The fourth-order valence-corrected chi connectivity index (χ4v) is 3.58. The molecule has 0 N–H and O–H groups in total. The van der Waals surface area contributed by atoms with Crippen LogP contribution in [0.4, 0.5) is 0 Å². The van der Waals surface area contributed by atoms with Crippen LogP contribution in [0.1, 0.15) is 24.5 Å². The first-order chi connectivity index (χ1) is 11.9. The van der Waals surface area contributed by atoms with Gasteiger partial charge in [0.1, 0.15) is 0 Å². The SMILES string of the molecule is CCCSc1nc2c(c(=O)n(Cc3ccc(C)cc3)c(=O)n2C)n1C. The van der Waals surface area contributed by atoms with Gasteiger partial charge in [0.25, 0.3) is 5.56 Å². The standard InChI is InChI=1S/C18H22N4O2S/c1-5-10-25-17-19-15-14(20(17)3)16(23)22(18(24)21(15)4)11-13-8-6-12(2)7-9-13/h6-9H,5,10-11H2,1-4H3. The Bertz CT molecular complexity index is 1030. The Morgan fingerprint density at radius 3 is 2.40 bits per heavy atom. The van der Waals surface area contributed by atoms with Crippen molar-refractivity contribution < 1.29 is 0 Å². The highest BCUT2D eigenvalue weighted by Gasteiger charge is 2.18. The Balaban J connectivity index is 2.16. The first-order valence-corrected chi connectivity index (χ1v) is 9.27. The van der Waals surface area contributed by atoms with Crippen molar-refractivity contribution in [3.63, 3.8) is 0 Å². The zero-order valence-electron chi connectivity index (χ0n) is 14.9. The monoisotopic (exact) mass is 358 g/mol. The third kappa shape index (κ3) is 3.16. The summed E-state index contributed by atoms with van der Waals surface area (Å²) >= 11 is 1.60. The van der Waals surface area contributed by atoms with Crippen molar-refractivity contribution in [3.8, 4) is 0 Å². The minimum absolute atomic E-state index is 0.254. The molecule has 1 aromatic carbocycles. The Labute approximate surface area is 150 Å². The second-order valence-corrected chi connectivity index (χ2v) is 7.25. The molecule has 0 amide bonds. The third-order valence-electron chi connectivity index (χ3n) is 4.22. The van der Waals surface area contributed by atoms with Crippen LogP contribution in [0.2, 0.25) is 0 Å². The quantitative estimate of drug-likeness (QED) is 0.657. The number of rotatable bonds is 5. The summed E-state index contributed by atoms with van der Waals surface area (Å²) in [5.74, 6) is 0.919. The molecule has 7 heteroatoms. The minimum atomic E-state index is -0.344. The molecule has 0 radical (unpaired) electrons. The van der Waals surface area contributed by atoms with Crippen LogP contribution in [-0.2, 0) is 20.6 Å². The summed E-state index contributed by atoms with van der Waals surface area (Å²) in [7, 11) is 3.49. The van der Waals surface area contributed by atoms with Gasteiger partial charge in [-0.2, -0.15) is 0 Å². The topological polar surface area (TPSA) is 61.8 Å². The maximum Gasteiger partial charge on any atom is 0.332 e. The summed E-state index contributed by atoms with van der Waals surface area (Å²) in [6, 6.07) is 7.84. The van der Waals surface area contributed by atoms with Crippen LogP contribution in [0.5, 0.6) is 0 Å². The van der Waals surface area contributed by atoms with Gasteiger partial charge in [-0.3, -0.25) is 13.9 Å². The van der Waals surface area contributed by atoms with Gasteiger partial charge in [-0.1, -0.05) is 48.5 Å². The summed E-state index contributed by atoms with van der Waals surface area (Å²) in [6.07, 6.45) is 1.02. The molecule has 0 saturated carbocycles. The van der Waals surface area contributed by atoms with Crippen molar-refractivity contribution in [1.82, 2.24) is 18.7 Å². The van der Waals surface area contributed by atoms with Gasteiger partial charge in [0, 0.05) is 19.8 Å². The van der Waals surface area contributed by atoms with Crippen molar-refractivity contribution in [3.05, 3.63) is 56.2 Å². The summed E-state index contributed by atoms with van der Waals surface area (Å²) in [6.45, 7) is 4.36. The molecule has 0 saturated heterocycles. The lowest BCUT2D eigenvalue weighted by molar-refractivity contribution is 0.654. The maximum atomic E-state index is 13.0. The molecule has 0 atom stereocenters. The van der Waals surface area contributed by atoms with Gasteiger partial charge in [0.05, 0.1) is 6.54 Å². The van der Waals surface area contributed by atoms with Gasteiger partial charge in [0.15, 0.2) is 16.3 Å². The average molecular weight is 358 g/mol. The van der Waals surface area contributed by atoms with Crippen LogP contribution in [0, 0.1) is 6.92 Å². The van der Waals surface area contributed by atoms with Crippen molar-refractivity contribution in [2.45, 2.75) is 32.0 Å². The Kier molecular flexibility index (Phi) is 4.85. The van der Waals surface area contributed by atoms with Crippen LogP contribution >= 0.6 is 11.8 Å². The zero-order valence-corrected chi connectivity index (χ0v) is 15.8. The van der Waals surface area contributed by atoms with Gasteiger partial charge >= 0.3 is 5.69 Å². The van der Waals surface area contributed by atoms with Gasteiger partial charge < -0.3 is 4.57 Å². The molecule has 0 aliphatic rings. The van der Waals surface area contributed by atoms with E-state index in [2.05, 4.69) is 11.9 Å². The maximum absolute atomic E-state index is 13.0. The summed E-state index contributed by atoms with van der Waals surface area (Å²) in [5.41, 5.74) is 2.33. The van der Waals surface area contributed by atoms with Crippen LogP contribution < -0.4 is 11.2 Å². The predicted molar refractivity (Wildman–Crippen MR) is 102 cm³/mol. The zero-order chi connectivity index (χ0) is 18.1. The summed E-state index contributed by atoms with van der Waals surface area (Å²) in [4.78, 5) is 30.1. The average Bonchev–Trinajstić information content (AvgIpc) is 2.93. The largest absolute Gasteiger partial charge is 0.332 e. The first kappa shape index (κ1) is 17.5. The lowest BCUT2D eigenvalue weighted by Crippen LogP contribution is -2.39. The molecule has 0 bridgehead atoms. The fourth-order valence-electron chi connectivity index (χ4n) is 2.76. The molecule has 0 fully saturated rings. The minimum Gasteiger partial charge on any atom is -0.316 e. The van der Waals surface area contributed by atoms with E-state index in [1.54, 1.807) is 23.4 Å². The predicted octanol–water partition coefficient (Wildman–Crippen LogP) is 2.29. The van der Waals surface area contributed by atoms with Crippen molar-refractivity contribution >= 4 is 22.9 Å². The molecule has 2 aromatic heterocycles. The van der Waals surface area contributed by atoms with E-state index in [1.807, 2.05) is 38.2 Å². The number of fused-ring (bicyclic) bond motifs is 1. The second-order valence-electron chi connectivity index (χ2n) is 6.19.